The normalized spacial score (nSPS) is 16.5. The molecule has 198 valence electrons. The number of hydrogen-bond acceptors (Lipinski definition) is 6. The summed E-state index contributed by atoms with van der Waals surface area (Å²) in [6.07, 6.45) is 0.839. The Labute approximate surface area is 223 Å². The zero-order valence-electron chi connectivity index (χ0n) is 22.3. The summed E-state index contributed by atoms with van der Waals surface area (Å²) in [7, 11) is 1.55. The number of amides is 1. The second-order valence-electron chi connectivity index (χ2n) is 9.01. The van der Waals surface area contributed by atoms with Crippen LogP contribution < -0.4 is 19.3 Å². The van der Waals surface area contributed by atoms with Gasteiger partial charge in [-0.25, -0.2) is 0 Å². The van der Waals surface area contributed by atoms with E-state index >= 15 is 0 Å². The van der Waals surface area contributed by atoms with Crippen molar-refractivity contribution in [1.82, 2.24) is 0 Å². The third kappa shape index (κ3) is 5.23. The molecular weight excluding hydrogens is 480 g/mol. The number of benzene rings is 3. The number of anilines is 2. The number of hydrogen-bond donors (Lipinski definition) is 1. The van der Waals surface area contributed by atoms with Crippen LogP contribution in [0.3, 0.4) is 0 Å². The Hall–Kier alpha value is -4.26. The quantitative estimate of drug-likeness (QED) is 0.204. The van der Waals surface area contributed by atoms with Gasteiger partial charge in [0.15, 0.2) is 0 Å². The van der Waals surface area contributed by atoms with Crippen molar-refractivity contribution in [2.75, 3.05) is 36.6 Å². The van der Waals surface area contributed by atoms with Crippen molar-refractivity contribution in [3.05, 3.63) is 89.5 Å². The number of Topliss-reactive ketones (excluding diaryl/α,β-unsaturated/α-hetero) is 1. The molecule has 0 spiro atoms. The van der Waals surface area contributed by atoms with Crippen LogP contribution in [0.15, 0.2) is 78.4 Å². The predicted octanol–water partition coefficient (Wildman–Crippen LogP) is 5.96. The maximum atomic E-state index is 13.5. The molecule has 1 amide bonds. The molecule has 1 heterocycles. The van der Waals surface area contributed by atoms with Crippen LogP contribution in [0.2, 0.25) is 0 Å². The molecule has 1 N–H and O–H groups in total. The Balaban J connectivity index is 1.87. The first kappa shape index (κ1) is 26.8. The summed E-state index contributed by atoms with van der Waals surface area (Å²) in [5, 5.41) is 11.5. The van der Waals surface area contributed by atoms with Gasteiger partial charge < -0.3 is 19.5 Å². The number of nitrogens with zero attached hydrogens (tertiary/aromatic N) is 2. The summed E-state index contributed by atoms with van der Waals surface area (Å²) < 4.78 is 11.1. The lowest BCUT2D eigenvalue weighted by atomic mass is 9.94. The molecule has 3 aromatic carbocycles. The molecule has 1 aliphatic heterocycles. The maximum absolute atomic E-state index is 13.5. The van der Waals surface area contributed by atoms with Gasteiger partial charge in [-0.05, 0) is 62.2 Å². The van der Waals surface area contributed by atoms with E-state index in [0.717, 1.165) is 25.2 Å². The van der Waals surface area contributed by atoms with Crippen molar-refractivity contribution in [3.8, 4) is 11.5 Å². The second kappa shape index (κ2) is 11.9. The van der Waals surface area contributed by atoms with Gasteiger partial charge >= 0.3 is 0 Å². The van der Waals surface area contributed by atoms with Crippen molar-refractivity contribution < 1.29 is 24.2 Å². The number of carbonyl (C=O) groups is 2. The molecule has 1 unspecified atom stereocenters. The Morgan fingerprint density at radius 1 is 0.921 bits per heavy atom. The van der Waals surface area contributed by atoms with Gasteiger partial charge in [0.25, 0.3) is 11.7 Å². The predicted molar refractivity (Wildman–Crippen MR) is 150 cm³/mol. The van der Waals surface area contributed by atoms with Gasteiger partial charge in [0.05, 0.1) is 25.3 Å². The summed E-state index contributed by atoms with van der Waals surface area (Å²) in [6, 6.07) is 20.9. The first-order chi connectivity index (χ1) is 18.4. The monoisotopic (exact) mass is 514 g/mol. The highest BCUT2D eigenvalue weighted by molar-refractivity contribution is 6.51. The molecular formula is C31H34N2O5. The molecule has 3 aromatic rings. The van der Waals surface area contributed by atoms with Crippen LogP contribution in [0.5, 0.6) is 11.5 Å². The molecule has 38 heavy (non-hydrogen) atoms. The third-order valence-electron chi connectivity index (χ3n) is 6.69. The fourth-order valence-electron chi connectivity index (χ4n) is 4.74. The highest BCUT2D eigenvalue weighted by Gasteiger charge is 2.47. The molecule has 0 aliphatic carbocycles. The molecule has 4 rings (SSSR count). The molecule has 7 nitrogen and oxygen atoms in total. The molecule has 7 heteroatoms. The second-order valence-corrected chi connectivity index (χ2v) is 9.01. The minimum Gasteiger partial charge on any atom is -0.507 e. The lowest BCUT2D eigenvalue weighted by molar-refractivity contribution is -0.132. The van der Waals surface area contributed by atoms with Crippen LogP contribution in [0, 0.1) is 0 Å². The van der Waals surface area contributed by atoms with Crippen molar-refractivity contribution in [2.45, 2.75) is 33.2 Å². The van der Waals surface area contributed by atoms with Gasteiger partial charge in [0.1, 0.15) is 17.3 Å². The topological polar surface area (TPSA) is 79.3 Å². The van der Waals surface area contributed by atoms with Crippen LogP contribution in [0.25, 0.3) is 5.76 Å². The van der Waals surface area contributed by atoms with Gasteiger partial charge in [-0.3, -0.25) is 14.5 Å². The highest BCUT2D eigenvalue weighted by Crippen LogP contribution is 2.43. The first-order valence-corrected chi connectivity index (χ1v) is 13.0. The van der Waals surface area contributed by atoms with Crippen molar-refractivity contribution in [2.24, 2.45) is 0 Å². The van der Waals surface area contributed by atoms with E-state index in [9.17, 15) is 14.7 Å². The number of methoxy groups -OCH3 is 1. The molecule has 1 saturated heterocycles. The molecule has 1 atom stereocenters. The molecule has 0 aromatic heterocycles. The van der Waals surface area contributed by atoms with Gasteiger partial charge in [0, 0.05) is 36.1 Å². The summed E-state index contributed by atoms with van der Waals surface area (Å²) >= 11 is 0. The number of aliphatic hydroxyl groups is 1. The third-order valence-corrected chi connectivity index (χ3v) is 6.69. The average Bonchev–Trinajstić information content (AvgIpc) is 3.22. The molecule has 1 aliphatic rings. The lowest BCUT2D eigenvalue weighted by Gasteiger charge is -2.27. The van der Waals surface area contributed by atoms with E-state index in [1.165, 1.54) is 4.90 Å². The number of ketones is 1. The summed E-state index contributed by atoms with van der Waals surface area (Å²) in [4.78, 5) is 30.6. The van der Waals surface area contributed by atoms with Gasteiger partial charge in [-0.15, -0.1) is 0 Å². The Bertz CT molecular complexity index is 1330. The first-order valence-electron chi connectivity index (χ1n) is 13.0. The van der Waals surface area contributed by atoms with Crippen LogP contribution in [0.1, 0.15) is 44.4 Å². The highest BCUT2D eigenvalue weighted by atomic mass is 16.5. The minimum absolute atomic E-state index is 0.0288. The van der Waals surface area contributed by atoms with Gasteiger partial charge in [0.2, 0.25) is 0 Å². The van der Waals surface area contributed by atoms with E-state index in [4.69, 9.17) is 9.47 Å². The SMILES string of the molecule is CCCOc1cccc(/C(O)=C2\C(=O)C(=O)N(c3cccc(OC)c3)C2c2ccc(N(CC)CC)cc2)c1. The zero-order valence-corrected chi connectivity index (χ0v) is 22.3. The van der Waals surface area contributed by atoms with Gasteiger partial charge in [-0.2, -0.15) is 0 Å². The van der Waals surface area contributed by atoms with E-state index < -0.39 is 17.7 Å². The Morgan fingerprint density at radius 3 is 2.26 bits per heavy atom. The van der Waals surface area contributed by atoms with E-state index in [2.05, 4.69) is 18.7 Å². The fraction of sp³-hybridized carbons (Fsp3) is 0.290. The van der Waals surface area contributed by atoms with E-state index in [-0.39, 0.29) is 11.3 Å². The maximum Gasteiger partial charge on any atom is 0.300 e. The van der Waals surface area contributed by atoms with E-state index in [1.54, 1.807) is 55.6 Å². The van der Waals surface area contributed by atoms with Crippen molar-refractivity contribution in [1.29, 1.82) is 0 Å². The van der Waals surface area contributed by atoms with Crippen LogP contribution in [-0.2, 0) is 9.59 Å². The fourth-order valence-corrected chi connectivity index (χ4v) is 4.74. The minimum atomic E-state index is -0.826. The summed E-state index contributed by atoms with van der Waals surface area (Å²) in [5.74, 6) is -0.564. The van der Waals surface area contributed by atoms with E-state index in [0.29, 0.717) is 34.9 Å². The number of ether oxygens (including phenoxy) is 2. The van der Waals surface area contributed by atoms with Crippen molar-refractivity contribution in [3.63, 3.8) is 0 Å². The number of aliphatic hydroxyl groups excluding tert-OH is 1. The Kier molecular flexibility index (Phi) is 8.36. The van der Waals surface area contributed by atoms with E-state index in [1.807, 2.05) is 31.2 Å². The van der Waals surface area contributed by atoms with Crippen molar-refractivity contribution >= 4 is 28.8 Å². The lowest BCUT2D eigenvalue weighted by Crippen LogP contribution is -2.29. The largest absolute Gasteiger partial charge is 0.507 e. The molecule has 0 bridgehead atoms. The summed E-state index contributed by atoms with van der Waals surface area (Å²) in [5.41, 5.74) is 2.69. The standard InChI is InChI=1S/C31H34N2O5/c1-5-18-38-26-13-8-10-22(19-26)29(34)27-28(21-14-16-23(17-15-21)32(6-2)7-3)33(31(36)30(27)35)24-11-9-12-25(20-24)37-4/h8-17,19-20,28,34H,5-7,18H2,1-4H3/b29-27+. The number of carbonyl (C=O) groups excluding carboxylic acids is 2. The average molecular weight is 515 g/mol. The molecule has 0 saturated carbocycles. The molecule has 0 radical (unpaired) electrons. The zero-order chi connectivity index (χ0) is 27.2. The van der Waals surface area contributed by atoms with Crippen LogP contribution >= 0.6 is 0 Å². The Morgan fingerprint density at radius 2 is 1.61 bits per heavy atom. The smallest absolute Gasteiger partial charge is 0.300 e. The summed E-state index contributed by atoms with van der Waals surface area (Å²) in [6.45, 7) is 8.43. The number of rotatable bonds is 10. The van der Waals surface area contributed by atoms with Crippen LogP contribution in [0.4, 0.5) is 11.4 Å². The van der Waals surface area contributed by atoms with Gasteiger partial charge in [-0.1, -0.05) is 37.3 Å². The molecule has 1 fully saturated rings. The van der Waals surface area contributed by atoms with Crippen LogP contribution in [-0.4, -0.2) is 43.6 Å².